The zero-order chi connectivity index (χ0) is 14.0. The van der Waals surface area contributed by atoms with Crippen LogP contribution in [0.5, 0.6) is 0 Å². The van der Waals surface area contributed by atoms with Crippen molar-refractivity contribution in [1.29, 1.82) is 0 Å². The highest BCUT2D eigenvalue weighted by molar-refractivity contribution is 5.95. The van der Waals surface area contributed by atoms with Crippen molar-refractivity contribution < 1.29 is 19.8 Å². The monoisotopic (exact) mass is 264 g/mol. The molecule has 0 unspecified atom stereocenters. The van der Waals surface area contributed by atoms with Crippen molar-refractivity contribution in [3.05, 3.63) is 29.8 Å². The van der Waals surface area contributed by atoms with E-state index in [1.54, 1.807) is 24.3 Å². The first-order valence-electron chi connectivity index (χ1n) is 6.00. The molecule has 1 heterocycles. The zero-order valence-electron chi connectivity index (χ0n) is 10.5. The molecule has 1 aliphatic rings. The summed E-state index contributed by atoms with van der Waals surface area (Å²) >= 11 is 0. The van der Waals surface area contributed by atoms with Crippen molar-refractivity contribution in [2.75, 3.05) is 18.4 Å². The third-order valence-electron chi connectivity index (χ3n) is 3.00. The molecule has 0 radical (unpaired) electrons. The number of rotatable bonds is 2. The number of hydrogen-bond donors (Lipinski definition) is 3. The van der Waals surface area contributed by atoms with Crippen molar-refractivity contribution in [3.8, 4) is 0 Å². The van der Waals surface area contributed by atoms with Crippen LogP contribution in [0.3, 0.4) is 0 Å². The van der Waals surface area contributed by atoms with E-state index >= 15 is 0 Å². The average Bonchev–Trinajstić information content (AvgIpc) is 2.69. The van der Waals surface area contributed by atoms with Crippen molar-refractivity contribution >= 4 is 17.5 Å². The van der Waals surface area contributed by atoms with Crippen LogP contribution < -0.4 is 5.32 Å². The summed E-state index contributed by atoms with van der Waals surface area (Å²) in [7, 11) is 0. The van der Waals surface area contributed by atoms with Gasteiger partial charge in [-0.05, 0) is 24.3 Å². The molecular weight excluding hydrogens is 248 g/mol. The van der Waals surface area contributed by atoms with Gasteiger partial charge in [-0.3, -0.25) is 9.59 Å². The van der Waals surface area contributed by atoms with Gasteiger partial charge in [0.2, 0.25) is 5.91 Å². The van der Waals surface area contributed by atoms with Crippen LogP contribution in [0.4, 0.5) is 5.69 Å². The van der Waals surface area contributed by atoms with Crippen molar-refractivity contribution in [3.63, 3.8) is 0 Å². The van der Waals surface area contributed by atoms with E-state index in [9.17, 15) is 19.8 Å². The van der Waals surface area contributed by atoms with E-state index in [0.29, 0.717) is 11.3 Å². The Hall–Kier alpha value is -1.92. The number of amides is 2. The van der Waals surface area contributed by atoms with Gasteiger partial charge in [0.05, 0.1) is 12.2 Å². The van der Waals surface area contributed by atoms with Crippen molar-refractivity contribution in [1.82, 2.24) is 4.90 Å². The van der Waals surface area contributed by atoms with Gasteiger partial charge in [0, 0.05) is 31.3 Å². The van der Waals surface area contributed by atoms with Gasteiger partial charge in [-0.15, -0.1) is 0 Å². The summed E-state index contributed by atoms with van der Waals surface area (Å²) in [5.74, 6) is -0.421. The van der Waals surface area contributed by atoms with Crippen LogP contribution >= 0.6 is 0 Å². The fourth-order valence-electron chi connectivity index (χ4n) is 2.02. The Morgan fingerprint density at radius 2 is 1.68 bits per heavy atom. The summed E-state index contributed by atoms with van der Waals surface area (Å²) in [6, 6.07) is 6.48. The summed E-state index contributed by atoms with van der Waals surface area (Å²) in [6.45, 7) is 1.67. The maximum Gasteiger partial charge on any atom is 0.254 e. The second-order valence-electron chi connectivity index (χ2n) is 4.60. The van der Waals surface area contributed by atoms with E-state index in [0.717, 1.165) is 0 Å². The summed E-state index contributed by atoms with van der Waals surface area (Å²) < 4.78 is 0. The summed E-state index contributed by atoms with van der Waals surface area (Å²) in [5, 5.41) is 21.4. The van der Waals surface area contributed by atoms with Gasteiger partial charge in [0.25, 0.3) is 5.91 Å². The minimum atomic E-state index is -0.886. The van der Waals surface area contributed by atoms with Crippen LogP contribution in [-0.4, -0.2) is 52.2 Å². The topological polar surface area (TPSA) is 89.9 Å². The van der Waals surface area contributed by atoms with Gasteiger partial charge in [0.15, 0.2) is 0 Å². The Morgan fingerprint density at radius 3 is 2.16 bits per heavy atom. The number of likely N-dealkylation sites (tertiary alicyclic amines) is 1. The van der Waals surface area contributed by atoms with Gasteiger partial charge < -0.3 is 20.4 Å². The van der Waals surface area contributed by atoms with Crippen LogP contribution in [0.2, 0.25) is 0 Å². The van der Waals surface area contributed by atoms with Crippen LogP contribution in [0.15, 0.2) is 24.3 Å². The van der Waals surface area contributed by atoms with Crippen LogP contribution in [0.1, 0.15) is 17.3 Å². The molecule has 2 atom stereocenters. The fourth-order valence-corrected chi connectivity index (χ4v) is 2.02. The molecule has 0 aliphatic carbocycles. The van der Waals surface area contributed by atoms with E-state index in [2.05, 4.69) is 5.32 Å². The Balaban J connectivity index is 2.06. The highest BCUT2D eigenvalue weighted by Crippen LogP contribution is 2.16. The van der Waals surface area contributed by atoms with Gasteiger partial charge in [-0.25, -0.2) is 0 Å². The molecule has 2 rings (SSSR count). The molecule has 1 aromatic rings. The SMILES string of the molecule is CC(=O)Nc1ccc(C(=O)N2C[C@@H](O)[C@@H](O)C2)cc1. The minimum Gasteiger partial charge on any atom is -0.388 e. The highest BCUT2D eigenvalue weighted by atomic mass is 16.3. The lowest BCUT2D eigenvalue weighted by molar-refractivity contribution is -0.114. The molecule has 0 aromatic heterocycles. The average molecular weight is 264 g/mol. The van der Waals surface area contributed by atoms with E-state index in [4.69, 9.17) is 0 Å². The molecule has 19 heavy (non-hydrogen) atoms. The lowest BCUT2D eigenvalue weighted by atomic mass is 10.2. The largest absolute Gasteiger partial charge is 0.388 e. The Morgan fingerprint density at radius 1 is 1.16 bits per heavy atom. The number of aliphatic hydroxyl groups is 2. The number of β-amino-alcohol motifs (C(OH)–C–C–N with tert-alkyl or cyclic N) is 2. The normalized spacial score (nSPS) is 22.4. The summed E-state index contributed by atoms with van der Waals surface area (Å²) in [4.78, 5) is 24.4. The number of anilines is 1. The number of nitrogens with one attached hydrogen (secondary N) is 1. The van der Waals surface area contributed by atoms with Gasteiger partial charge in [0.1, 0.15) is 0 Å². The number of nitrogens with zero attached hydrogens (tertiary/aromatic N) is 1. The zero-order valence-corrected chi connectivity index (χ0v) is 10.5. The molecule has 0 saturated carbocycles. The number of carbonyl (C=O) groups is 2. The summed E-state index contributed by atoms with van der Waals surface area (Å²) in [6.07, 6.45) is -1.77. The van der Waals surface area contributed by atoms with E-state index in [1.807, 2.05) is 0 Å². The van der Waals surface area contributed by atoms with Crippen molar-refractivity contribution in [2.24, 2.45) is 0 Å². The molecule has 6 heteroatoms. The molecule has 3 N–H and O–H groups in total. The lowest BCUT2D eigenvalue weighted by Gasteiger charge is -2.15. The predicted octanol–water partition coefficient (Wildman–Crippen LogP) is -0.177. The molecule has 0 bridgehead atoms. The molecule has 102 valence electrons. The first-order valence-corrected chi connectivity index (χ1v) is 6.00. The Bertz CT molecular complexity index is 476. The number of aliphatic hydroxyl groups excluding tert-OH is 2. The second-order valence-corrected chi connectivity index (χ2v) is 4.60. The predicted molar refractivity (Wildman–Crippen MR) is 68.7 cm³/mol. The van der Waals surface area contributed by atoms with Gasteiger partial charge in [-0.1, -0.05) is 0 Å². The molecule has 6 nitrogen and oxygen atoms in total. The highest BCUT2D eigenvalue weighted by Gasteiger charge is 2.32. The molecule has 1 saturated heterocycles. The van der Waals surface area contributed by atoms with E-state index in [1.165, 1.54) is 11.8 Å². The molecule has 1 aliphatic heterocycles. The van der Waals surface area contributed by atoms with Gasteiger partial charge in [-0.2, -0.15) is 0 Å². The molecule has 0 spiro atoms. The third kappa shape index (κ3) is 3.10. The molecule has 2 amide bonds. The van der Waals surface area contributed by atoms with Crippen LogP contribution in [-0.2, 0) is 4.79 Å². The molecular formula is C13H16N2O4. The minimum absolute atomic E-state index is 0.132. The number of carbonyl (C=O) groups excluding carboxylic acids is 2. The van der Waals surface area contributed by atoms with Crippen LogP contribution in [0.25, 0.3) is 0 Å². The smallest absolute Gasteiger partial charge is 0.254 e. The summed E-state index contributed by atoms with van der Waals surface area (Å²) in [5.41, 5.74) is 1.07. The number of benzene rings is 1. The van der Waals surface area contributed by atoms with E-state index < -0.39 is 12.2 Å². The first-order chi connectivity index (χ1) is 8.97. The maximum absolute atomic E-state index is 12.1. The van der Waals surface area contributed by atoms with Crippen molar-refractivity contribution in [2.45, 2.75) is 19.1 Å². The van der Waals surface area contributed by atoms with E-state index in [-0.39, 0.29) is 24.9 Å². The lowest BCUT2D eigenvalue weighted by Crippen LogP contribution is -2.29. The number of hydrogen-bond acceptors (Lipinski definition) is 4. The first kappa shape index (κ1) is 13.5. The maximum atomic E-state index is 12.1. The molecule has 1 fully saturated rings. The molecule has 1 aromatic carbocycles. The Labute approximate surface area is 110 Å². The quantitative estimate of drug-likeness (QED) is 0.691. The standard InChI is InChI=1S/C13H16N2O4/c1-8(16)14-10-4-2-9(3-5-10)13(19)15-6-11(17)12(18)7-15/h2-5,11-12,17-18H,6-7H2,1H3,(H,14,16)/t11-,12+. The van der Waals surface area contributed by atoms with Crippen LogP contribution in [0, 0.1) is 0 Å². The Kier molecular flexibility index (Phi) is 3.82. The second kappa shape index (κ2) is 5.38. The van der Waals surface area contributed by atoms with Gasteiger partial charge >= 0.3 is 0 Å². The third-order valence-corrected chi connectivity index (χ3v) is 3.00. The fraction of sp³-hybridized carbons (Fsp3) is 0.385.